The topological polar surface area (TPSA) is 79.0 Å². The van der Waals surface area contributed by atoms with Crippen LogP contribution >= 0.6 is 11.3 Å². The maximum atomic E-state index is 12.1. The molecule has 0 bridgehead atoms. The zero-order valence-corrected chi connectivity index (χ0v) is 13.8. The molecule has 2 aromatic heterocycles. The fourth-order valence-corrected chi connectivity index (χ4v) is 3.16. The largest absolute Gasteiger partial charge is 0.507 e. The van der Waals surface area contributed by atoms with Gasteiger partial charge >= 0.3 is 0 Å². The molecule has 0 saturated carbocycles. The van der Waals surface area contributed by atoms with E-state index in [2.05, 4.69) is 15.5 Å². The number of nitrogens with one attached hydrogen (secondary N) is 1. The Morgan fingerprint density at radius 1 is 1.39 bits per heavy atom. The van der Waals surface area contributed by atoms with Crippen molar-refractivity contribution in [1.82, 2.24) is 14.8 Å². The number of aromatic hydroxyl groups is 1. The molecule has 0 aliphatic rings. The van der Waals surface area contributed by atoms with Crippen molar-refractivity contribution in [3.63, 3.8) is 0 Å². The van der Waals surface area contributed by atoms with Gasteiger partial charge in [-0.3, -0.25) is 9.20 Å². The lowest BCUT2D eigenvalue weighted by molar-refractivity contribution is 0.0952. The average Bonchev–Trinajstić information content (AvgIpc) is 2.95. The second-order valence-electron chi connectivity index (χ2n) is 5.30. The summed E-state index contributed by atoms with van der Waals surface area (Å²) in [5, 5.41) is 13.8. The zero-order valence-electron chi connectivity index (χ0n) is 13.0. The maximum absolute atomic E-state index is 12.1. The highest BCUT2D eigenvalue weighted by Crippen LogP contribution is 2.20. The van der Waals surface area contributed by atoms with Gasteiger partial charge in [-0.1, -0.05) is 6.07 Å². The van der Waals surface area contributed by atoms with Crippen LogP contribution < -0.4 is 5.43 Å². The van der Waals surface area contributed by atoms with E-state index in [1.807, 2.05) is 31.4 Å². The Balaban J connectivity index is 1.80. The number of phenolic OH excluding ortho intramolecular Hbond substituents is 1. The predicted octanol–water partition coefficient (Wildman–Crippen LogP) is 2.79. The molecule has 2 heterocycles. The van der Waals surface area contributed by atoms with E-state index in [4.69, 9.17) is 0 Å². The molecule has 2 N–H and O–H groups in total. The number of aryl methyl sites for hydroxylation is 3. The third-order valence-electron chi connectivity index (χ3n) is 3.41. The average molecular weight is 328 g/mol. The summed E-state index contributed by atoms with van der Waals surface area (Å²) in [7, 11) is 0. The lowest BCUT2D eigenvalue weighted by Crippen LogP contribution is -2.18. The van der Waals surface area contributed by atoms with Crippen LogP contribution in [-0.4, -0.2) is 26.6 Å². The number of hydrogen-bond acceptors (Lipinski definition) is 5. The van der Waals surface area contributed by atoms with Crippen molar-refractivity contribution in [3.05, 3.63) is 51.8 Å². The number of carbonyl (C=O) groups is 1. The van der Waals surface area contributed by atoms with Crippen LogP contribution in [0.25, 0.3) is 4.96 Å². The molecule has 0 aliphatic carbocycles. The molecule has 1 aromatic carbocycles. The first-order valence-electron chi connectivity index (χ1n) is 7.04. The molecule has 0 saturated heterocycles. The Kier molecular flexibility index (Phi) is 3.87. The number of carbonyl (C=O) groups excluding carboxylic acids is 1. The van der Waals surface area contributed by atoms with Gasteiger partial charge in [-0.25, -0.2) is 10.4 Å². The summed E-state index contributed by atoms with van der Waals surface area (Å²) in [5.41, 5.74) is 5.16. The second kappa shape index (κ2) is 5.85. The summed E-state index contributed by atoms with van der Waals surface area (Å²) in [6.45, 7) is 5.75. The van der Waals surface area contributed by atoms with Gasteiger partial charge in [0.1, 0.15) is 5.75 Å². The smallest absolute Gasteiger partial charge is 0.275 e. The summed E-state index contributed by atoms with van der Waals surface area (Å²) in [6, 6.07) is 4.87. The number of thiazole rings is 1. The number of rotatable bonds is 3. The minimum Gasteiger partial charge on any atom is -0.507 e. The summed E-state index contributed by atoms with van der Waals surface area (Å²) in [4.78, 5) is 18.5. The Morgan fingerprint density at radius 2 is 2.17 bits per heavy atom. The molecular formula is C16H16N4O2S. The van der Waals surface area contributed by atoms with E-state index in [1.165, 1.54) is 6.07 Å². The number of hydrogen-bond donors (Lipinski definition) is 2. The third kappa shape index (κ3) is 2.95. The van der Waals surface area contributed by atoms with Crippen LogP contribution in [0.3, 0.4) is 0 Å². The van der Waals surface area contributed by atoms with Gasteiger partial charge in [0.25, 0.3) is 5.91 Å². The van der Waals surface area contributed by atoms with Crippen molar-refractivity contribution in [3.8, 4) is 5.75 Å². The van der Waals surface area contributed by atoms with Crippen molar-refractivity contribution >= 4 is 28.4 Å². The summed E-state index contributed by atoms with van der Waals surface area (Å²) < 4.78 is 1.94. The van der Waals surface area contributed by atoms with Crippen LogP contribution in [0.4, 0.5) is 0 Å². The van der Waals surface area contributed by atoms with Crippen LogP contribution in [0.1, 0.15) is 32.2 Å². The summed E-state index contributed by atoms with van der Waals surface area (Å²) in [6.07, 6.45) is 3.54. The number of amides is 1. The molecule has 23 heavy (non-hydrogen) atoms. The van der Waals surface area contributed by atoms with Crippen LogP contribution in [0.2, 0.25) is 0 Å². The highest BCUT2D eigenvalue weighted by atomic mass is 32.1. The monoisotopic (exact) mass is 328 g/mol. The first kappa shape index (κ1) is 15.2. The molecule has 0 unspecified atom stereocenters. The highest BCUT2D eigenvalue weighted by molar-refractivity contribution is 7.17. The van der Waals surface area contributed by atoms with E-state index >= 15 is 0 Å². The van der Waals surface area contributed by atoms with Gasteiger partial charge in [0.15, 0.2) is 4.96 Å². The number of aromatic nitrogens is 2. The molecule has 6 nitrogen and oxygen atoms in total. The second-order valence-corrected chi connectivity index (χ2v) is 6.51. The Hall–Kier alpha value is -2.67. The van der Waals surface area contributed by atoms with Gasteiger partial charge in [0.2, 0.25) is 0 Å². The Bertz CT molecular complexity index is 924. The molecule has 0 fully saturated rings. The van der Waals surface area contributed by atoms with E-state index in [1.54, 1.807) is 29.7 Å². The fourth-order valence-electron chi connectivity index (χ4n) is 2.28. The van der Waals surface area contributed by atoms with E-state index in [0.29, 0.717) is 0 Å². The van der Waals surface area contributed by atoms with Crippen LogP contribution in [-0.2, 0) is 0 Å². The van der Waals surface area contributed by atoms with Crippen molar-refractivity contribution in [2.45, 2.75) is 20.8 Å². The quantitative estimate of drug-likeness (QED) is 0.573. The lowest BCUT2D eigenvalue weighted by Gasteiger charge is -2.03. The predicted molar refractivity (Wildman–Crippen MR) is 90.4 cm³/mol. The van der Waals surface area contributed by atoms with Crippen molar-refractivity contribution < 1.29 is 9.90 Å². The number of phenols is 1. The first-order valence-corrected chi connectivity index (χ1v) is 7.85. The molecule has 0 aliphatic heterocycles. The van der Waals surface area contributed by atoms with Crippen LogP contribution in [0.15, 0.2) is 29.5 Å². The van der Waals surface area contributed by atoms with E-state index < -0.39 is 5.91 Å². The molecule has 0 spiro atoms. The van der Waals surface area contributed by atoms with Gasteiger partial charge in [-0.2, -0.15) is 5.10 Å². The van der Waals surface area contributed by atoms with Gasteiger partial charge in [0.05, 0.1) is 23.2 Å². The van der Waals surface area contributed by atoms with Crippen molar-refractivity contribution in [1.29, 1.82) is 0 Å². The number of hydrazone groups is 1. The molecule has 0 radical (unpaired) electrons. The maximum Gasteiger partial charge on any atom is 0.275 e. The molecule has 118 valence electrons. The molecule has 3 aromatic rings. The van der Waals surface area contributed by atoms with E-state index in [-0.39, 0.29) is 11.3 Å². The van der Waals surface area contributed by atoms with Gasteiger partial charge in [-0.05, 0) is 38.5 Å². The number of nitrogens with zero attached hydrogens (tertiary/aromatic N) is 3. The van der Waals surface area contributed by atoms with Crippen molar-refractivity contribution in [2.24, 2.45) is 5.10 Å². The molecule has 3 rings (SSSR count). The van der Waals surface area contributed by atoms with E-state index in [0.717, 1.165) is 26.8 Å². The SMILES string of the molecule is Cc1ccc(C(=O)N/N=C/c2c(C)nc3sc(C)cn23)c(O)c1. The van der Waals surface area contributed by atoms with Crippen molar-refractivity contribution in [2.75, 3.05) is 0 Å². The summed E-state index contributed by atoms with van der Waals surface area (Å²) in [5.74, 6) is -0.521. The number of fused-ring (bicyclic) bond motifs is 1. The summed E-state index contributed by atoms with van der Waals surface area (Å²) >= 11 is 1.60. The Morgan fingerprint density at radius 3 is 2.91 bits per heavy atom. The number of imidazole rings is 1. The highest BCUT2D eigenvalue weighted by Gasteiger charge is 2.11. The standard InChI is InChI=1S/C16H16N4O2S/c1-9-4-5-12(14(21)6-9)15(22)19-17-7-13-11(3)18-16-20(13)8-10(2)23-16/h4-8,21H,1-3H3,(H,19,22)/b17-7+. The molecule has 0 atom stereocenters. The zero-order chi connectivity index (χ0) is 16.6. The van der Waals surface area contributed by atoms with Gasteiger partial charge in [0, 0.05) is 11.1 Å². The normalized spacial score (nSPS) is 11.4. The fraction of sp³-hybridized carbons (Fsp3) is 0.188. The number of benzene rings is 1. The van der Waals surface area contributed by atoms with Crippen LogP contribution in [0, 0.1) is 20.8 Å². The van der Waals surface area contributed by atoms with E-state index in [9.17, 15) is 9.90 Å². The minimum absolute atomic E-state index is 0.0610. The van der Waals surface area contributed by atoms with Gasteiger partial charge < -0.3 is 5.11 Å². The molecule has 1 amide bonds. The Labute approximate surface area is 137 Å². The lowest BCUT2D eigenvalue weighted by atomic mass is 10.1. The first-order chi connectivity index (χ1) is 11.0. The molecule has 7 heteroatoms. The molecular weight excluding hydrogens is 312 g/mol. The minimum atomic E-state index is -0.460. The van der Waals surface area contributed by atoms with Crippen LogP contribution in [0.5, 0.6) is 5.75 Å². The third-order valence-corrected chi connectivity index (χ3v) is 4.31. The van der Waals surface area contributed by atoms with Gasteiger partial charge in [-0.15, -0.1) is 11.3 Å².